The summed E-state index contributed by atoms with van der Waals surface area (Å²) in [6.07, 6.45) is 0. The standard InChI is InChI=1S/C11H6BrCl2NO/c12-8-3-1-2-4-9(8)16-7-5-10(13)15-11(14)6-7/h1-6H. The van der Waals surface area contributed by atoms with Gasteiger partial charge in [-0.1, -0.05) is 35.3 Å². The van der Waals surface area contributed by atoms with Crippen LogP contribution in [0.3, 0.4) is 0 Å². The molecular weight excluding hydrogens is 313 g/mol. The van der Waals surface area contributed by atoms with E-state index in [2.05, 4.69) is 20.9 Å². The second-order valence-corrected chi connectivity index (χ2v) is 4.61. The highest BCUT2D eigenvalue weighted by atomic mass is 79.9. The molecule has 16 heavy (non-hydrogen) atoms. The Bertz CT molecular complexity index is 499. The van der Waals surface area contributed by atoms with Crippen LogP contribution in [0.2, 0.25) is 10.3 Å². The fourth-order valence-electron chi connectivity index (χ4n) is 1.16. The van der Waals surface area contributed by atoms with E-state index >= 15 is 0 Å². The number of benzene rings is 1. The lowest BCUT2D eigenvalue weighted by atomic mass is 10.3. The summed E-state index contributed by atoms with van der Waals surface area (Å²) in [7, 11) is 0. The molecule has 0 radical (unpaired) electrons. The average molecular weight is 319 g/mol. The number of para-hydroxylation sites is 1. The van der Waals surface area contributed by atoms with E-state index in [-0.39, 0.29) is 0 Å². The van der Waals surface area contributed by atoms with Crippen molar-refractivity contribution in [3.63, 3.8) is 0 Å². The van der Waals surface area contributed by atoms with Crippen molar-refractivity contribution in [1.82, 2.24) is 4.98 Å². The number of ether oxygens (including phenoxy) is 1. The molecular formula is C11H6BrCl2NO. The third-order valence-corrected chi connectivity index (χ3v) is 2.84. The van der Waals surface area contributed by atoms with Gasteiger partial charge in [-0.05, 0) is 28.1 Å². The Morgan fingerprint density at radius 3 is 2.31 bits per heavy atom. The highest BCUT2D eigenvalue weighted by molar-refractivity contribution is 9.10. The topological polar surface area (TPSA) is 22.1 Å². The van der Waals surface area contributed by atoms with Crippen molar-refractivity contribution in [2.45, 2.75) is 0 Å². The number of hydrogen-bond donors (Lipinski definition) is 0. The Morgan fingerprint density at radius 2 is 1.69 bits per heavy atom. The predicted octanol–water partition coefficient (Wildman–Crippen LogP) is 4.94. The van der Waals surface area contributed by atoms with Gasteiger partial charge in [0.25, 0.3) is 0 Å². The van der Waals surface area contributed by atoms with Gasteiger partial charge in [0.2, 0.25) is 0 Å². The van der Waals surface area contributed by atoms with Crippen molar-refractivity contribution < 1.29 is 4.74 Å². The molecule has 0 bridgehead atoms. The van der Waals surface area contributed by atoms with Crippen LogP contribution in [-0.2, 0) is 0 Å². The zero-order valence-electron chi connectivity index (χ0n) is 7.95. The van der Waals surface area contributed by atoms with Crippen molar-refractivity contribution >= 4 is 39.1 Å². The fraction of sp³-hybridized carbons (Fsp3) is 0. The van der Waals surface area contributed by atoms with E-state index in [1.807, 2.05) is 24.3 Å². The molecule has 0 aliphatic heterocycles. The molecule has 0 fully saturated rings. The van der Waals surface area contributed by atoms with E-state index in [0.717, 1.165) is 4.47 Å². The molecule has 1 heterocycles. The van der Waals surface area contributed by atoms with Gasteiger partial charge in [0, 0.05) is 12.1 Å². The van der Waals surface area contributed by atoms with Crippen molar-refractivity contribution in [3.8, 4) is 11.5 Å². The van der Waals surface area contributed by atoms with Crippen LogP contribution in [0, 0.1) is 0 Å². The molecule has 82 valence electrons. The number of nitrogens with zero attached hydrogens (tertiary/aromatic N) is 1. The predicted molar refractivity (Wildman–Crippen MR) is 68.5 cm³/mol. The number of aromatic nitrogens is 1. The first-order valence-corrected chi connectivity index (χ1v) is 5.95. The van der Waals surface area contributed by atoms with Crippen LogP contribution in [0.15, 0.2) is 40.9 Å². The van der Waals surface area contributed by atoms with Crippen LogP contribution in [-0.4, -0.2) is 4.98 Å². The van der Waals surface area contributed by atoms with Gasteiger partial charge in [0.1, 0.15) is 21.8 Å². The van der Waals surface area contributed by atoms with Gasteiger partial charge < -0.3 is 4.74 Å². The largest absolute Gasteiger partial charge is 0.456 e. The van der Waals surface area contributed by atoms with Crippen molar-refractivity contribution in [1.29, 1.82) is 0 Å². The smallest absolute Gasteiger partial charge is 0.141 e. The van der Waals surface area contributed by atoms with E-state index < -0.39 is 0 Å². The van der Waals surface area contributed by atoms with Gasteiger partial charge in [0.15, 0.2) is 0 Å². The summed E-state index contributed by atoms with van der Waals surface area (Å²) in [5.74, 6) is 1.25. The second kappa shape index (κ2) is 5.04. The highest BCUT2D eigenvalue weighted by Gasteiger charge is 2.04. The summed E-state index contributed by atoms with van der Waals surface area (Å²) in [4.78, 5) is 3.84. The Balaban J connectivity index is 2.30. The quantitative estimate of drug-likeness (QED) is 0.731. The van der Waals surface area contributed by atoms with Crippen molar-refractivity contribution in [2.24, 2.45) is 0 Å². The Labute approximate surface area is 111 Å². The maximum absolute atomic E-state index is 5.77. The van der Waals surface area contributed by atoms with E-state index in [9.17, 15) is 0 Å². The molecule has 0 unspecified atom stereocenters. The van der Waals surface area contributed by atoms with Crippen LogP contribution in [0.1, 0.15) is 0 Å². The Kier molecular flexibility index (Phi) is 3.69. The van der Waals surface area contributed by atoms with Gasteiger partial charge >= 0.3 is 0 Å². The summed E-state index contributed by atoms with van der Waals surface area (Å²) < 4.78 is 6.48. The van der Waals surface area contributed by atoms with Crippen LogP contribution < -0.4 is 4.74 Å². The molecule has 0 amide bonds. The van der Waals surface area contributed by atoms with Crippen LogP contribution in [0.4, 0.5) is 0 Å². The second-order valence-electron chi connectivity index (χ2n) is 2.98. The number of hydrogen-bond acceptors (Lipinski definition) is 2. The van der Waals surface area contributed by atoms with Gasteiger partial charge in [-0.15, -0.1) is 0 Å². The van der Waals surface area contributed by atoms with Gasteiger partial charge in [-0.3, -0.25) is 0 Å². The van der Waals surface area contributed by atoms with E-state index in [1.54, 1.807) is 12.1 Å². The Hall–Kier alpha value is -0.770. The average Bonchev–Trinajstić information content (AvgIpc) is 2.20. The van der Waals surface area contributed by atoms with Crippen LogP contribution in [0.5, 0.6) is 11.5 Å². The summed E-state index contributed by atoms with van der Waals surface area (Å²) in [5, 5.41) is 0.601. The fourth-order valence-corrected chi connectivity index (χ4v) is 1.96. The lowest BCUT2D eigenvalue weighted by Crippen LogP contribution is -1.87. The zero-order chi connectivity index (χ0) is 11.5. The molecule has 1 aromatic heterocycles. The van der Waals surface area contributed by atoms with Gasteiger partial charge in [-0.2, -0.15) is 0 Å². The normalized spacial score (nSPS) is 10.2. The lowest BCUT2D eigenvalue weighted by Gasteiger charge is -2.07. The minimum Gasteiger partial charge on any atom is -0.456 e. The molecule has 5 heteroatoms. The molecule has 0 atom stereocenters. The van der Waals surface area contributed by atoms with E-state index in [0.29, 0.717) is 21.8 Å². The first kappa shape index (κ1) is 11.7. The highest BCUT2D eigenvalue weighted by Crippen LogP contribution is 2.31. The summed E-state index contributed by atoms with van der Waals surface area (Å²) in [6, 6.07) is 10.7. The lowest BCUT2D eigenvalue weighted by molar-refractivity contribution is 0.479. The van der Waals surface area contributed by atoms with Crippen molar-refractivity contribution in [3.05, 3.63) is 51.2 Å². The summed E-state index contributed by atoms with van der Waals surface area (Å²) in [5.41, 5.74) is 0. The molecule has 2 rings (SSSR count). The van der Waals surface area contributed by atoms with Gasteiger partial charge in [0.05, 0.1) is 4.47 Å². The minimum absolute atomic E-state index is 0.301. The summed E-state index contributed by atoms with van der Waals surface area (Å²) in [6.45, 7) is 0. The SMILES string of the molecule is Clc1cc(Oc2ccccc2Br)cc(Cl)n1. The summed E-state index contributed by atoms with van der Waals surface area (Å²) >= 11 is 14.9. The molecule has 0 aliphatic rings. The number of rotatable bonds is 2. The molecule has 0 aliphatic carbocycles. The van der Waals surface area contributed by atoms with Crippen LogP contribution >= 0.6 is 39.1 Å². The van der Waals surface area contributed by atoms with Crippen LogP contribution in [0.25, 0.3) is 0 Å². The maximum Gasteiger partial charge on any atom is 0.141 e. The molecule has 0 spiro atoms. The third kappa shape index (κ3) is 2.88. The Morgan fingerprint density at radius 1 is 1.06 bits per heavy atom. The molecule has 0 saturated heterocycles. The molecule has 2 aromatic rings. The molecule has 2 nitrogen and oxygen atoms in total. The maximum atomic E-state index is 5.77. The molecule has 1 aromatic carbocycles. The first-order chi connectivity index (χ1) is 7.65. The number of halogens is 3. The van der Waals surface area contributed by atoms with E-state index in [4.69, 9.17) is 27.9 Å². The van der Waals surface area contributed by atoms with E-state index in [1.165, 1.54) is 0 Å². The third-order valence-electron chi connectivity index (χ3n) is 1.80. The number of pyridine rings is 1. The van der Waals surface area contributed by atoms with Gasteiger partial charge in [-0.25, -0.2) is 4.98 Å². The zero-order valence-corrected chi connectivity index (χ0v) is 11.1. The molecule has 0 N–H and O–H groups in total. The molecule has 0 saturated carbocycles. The van der Waals surface area contributed by atoms with Crippen molar-refractivity contribution in [2.75, 3.05) is 0 Å². The monoisotopic (exact) mass is 317 g/mol. The first-order valence-electron chi connectivity index (χ1n) is 4.40. The minimum atomic E-state index is 0.301.